The summed E-state index contributed by atoms with van der Waals surface area (Å²) in [5.41, 5.74) is 4.30. The molecule has 2 aromatic carbocycles. The van der Waals surface area contributed by atoms with Crippen molar-refractivity contribution in [1.82, 2.24) is 4.57 Å². The zero-order chi connectivity index (χ0) is 20.1. The van der Waals surface area contributed by atoms with Crippen molar-refractivity contribution in [3.05, 3.63) is 66.2 Å². The number of rotatable bonds is 3. The number of aromatic nitrogens is 1. The summed E-state index contributed by atoms with van der Waals surface area (Å²) < 4.78 is 28.4. The maximum atomic E-state index is 13.1. The van der Waals surface area contributed by atoms with E-state index in [1.807, 2.05) is 38.2 Å². The van der Waals surface area contributed by atoms with Crippen LogP contribution in [0, 0.1) is 26.2 Å². The van der Waals surface area contributed by atoms with Crippen molar-refractivity contribution in [2.75, 3.05) is 0 Å². The molecule has 0 aliphatic rings. The Hall–Kier alpha value is -2.07. The molecule has 1 radical (unpaired) electrons. The van der Waals surface area contributed by atoms with Crippen molar-refractivity contribution in [2.45, 2.75) is 50.3 Å². The van der Waals surface area contributed by atoms with Gasteiger partial charge in [-0.15, -0.1) is 0 Å². The van der Waals surface area contributed by atoms with Gasteiger partial charge in [-0.3, -0.25) is 0 Å². The lowest BCUT2D eigenvalue weighted by Crippen LogP contribution is -2.16. The number of sulfone groups is 1. The summed E-state index contributed by atoms with van der Waals surface area (Å²) in [6, 6.07) is 12.4. The SMILES string of the molecule is [CH2]C(c1c(C)n(C)c2ccc(S(=O)(=O)c3ccc(C)cc3)cc12)C(C)(C)C. The first-order chi connectivity index (χ1) is 12.4. The van der Waals surface area contributed by atoms with Crippen LogP contribution in [0.2, 0.25) is 0 Å². The van der Waals surface area contributed by atoms with E-state index in [9.17, 15) is 8.42 Å². The molecule has 3 rings (SSSR count). The first kappa shape index (κ1) is 19.7. The molecule has 3 nitrogen and oxygen atoms in total. The summed E-state index contributed by atoms with van der Waals surface area (Å²) in [6.07, 6.45) is 0. The molecule has 0 aliphatic heterocycles. The van der Waals surface area contributed by atoms with Crippen molar-refractivity contribution in [3.63, 3.8) is 0 Å². The maximum Gasteiger partial charge on any atom is 0.206 e. The van der Waals surface area contributed by atoms with Gasteiger partial charge < -0.3 is 4.57 Å². The van der Waals surface area contributed by atoms with Crippen LogP contribution in [0.5, 0.6) is 0 Å². The maximum absolute atomic E-state index is 13.1. The van der Waals surface area contributed by atoms with E-state index in [-0.39, 0.29) is 11.3 Å². The normalized spacial score (nSPS) is 13.9. The number of hydrogen-bond acceptors (Lipinski definition) is 2. The highest BCUT2D eigenvalue weighted by molar-refractivity contribution is 7.91. The molecule has 4 heteroatoms. The average Bonchev–Trinajstić information content (AvgIpc) is 2.84. The Kier molecular flexibility index (Phi) is 4.75. The van der Waals surface area contributed by atoms with Gasteiger partial charge in [0.25, 0.3) is 0 Å². The molecule has 143 valence electrons. The molecule has 1 unspecified atom stereocenters. The summed E-state index contributed by atoms with van der Waals surface area (Å²) in [5.74, 6) is 0.0542. The molecule has 27 heavy (non-hydrogen) atoms. The summed E-state index contributed by atoms with van der Waals surface area (Å²) in [5, 5.41) is 0.970. The number of fused-ring (bicyclic) bond motifs is 1. The zero-order valence-corrected chi connectivity index (χ0v) is 17.8. The topological polar surface area (TPSA) is 39.1 Å². The third kappa shape index (κ3) is 3.31. The van der Waals surface area contributed by atoms with Gasteiger partial charge in [-0.1, -0.05) is 38.5 Å². The van der Waals surface area contributed by atoms with E-state index in [0.29, 0.717) is 9.79 Å². The van der Waals surface area contributed by atoms with Gasteiger partial charge in [-0.05, 0) is 68.0 Å². The second-order valence-corrected chi connectivity index (χ2v) is 10.4. The Morgan fingerprint density at radius 2 is 1.52 bits per heavy atom. The van der Waals surface area contributed by atoms with Crippen molar-refractivity contribution in [1.29, 1.82) is 0 Å². The van der Waals surface area contributed by atoms with Crippen LogP contribution in [0.15, 0.2) is 52.3 Å². The molecule has 0 amide bonds. The van der Waals surface area contributed by atoms with Crippen molar-refractivity contribution < 1.29 is 8.42 Å². The standard InChI is InChI=1S/C23H28NO2S/c1-15-8-10-18(11-9-15)27(25,26)19-12-13-21-20(14-19)22(17(3)24(21)7)16(2)23(4,5)6/h8-14,16H,2H2,1,3-7H3. The van der Waals surface area contributed by atoms with Crippen LogP contribution in [0.3, 0.4) is 0 Å². The Labute approximate surface area is 162 Å². The predicted octanol–water partition coefficient (Wildman–Crippen LogP) is 5.59. The summed E-state index contributed by atoms with van der Waals surface area (Å²) in [4.78, 5) is 0.649. The minimum Gasteiger partial charge on any atom is -0.348 e. The quantitative estimate of drug-likeness (QED) is 0.592. The molecule has 0 N–H and O–H groups in total. The van der Waals surface area contributed by atoms with Gasteiger partial charge in [0.05, 0.1) is 9.79 Å². The van der Waals surface area contributed by atoms with Crippen molar-refractivity contribution in [2.24, 2.45) is 12.5 Å². The van der Waals surface area contributed by atoms with E-state index in [4.69, 9.17) is 0 Å². The molecule has 0 spiro atoms. The smallest absolute Gasteiger partial charge is 0.206 e. The second kappa shape index (κ2) is 6.52. The number of nitrogens with zero attached hydrogens (tertiary/aromatic N) is 1. The third-order valence-electron chi connectivity index (χ3n) is 5.55. The number of benzene rings is 2. The summed E-state index contributed by atoms with van der Waals surface area (Å²) >= 11 is 0. The van der Waals surface area contributed by atoms with E-state index in [2.05, 4.69) is 39.2 Å². The lowest BCUT2D eigenvalue weighted by molar-refractivity contribution is 0.364. The zero-order valence-electron chi connectivity index (χ0n) is 17.0. The summed E-state index contributed by atoms with van der Waals surface area (Å²) in [7, 11) is -1.54. The highest BCUT2D eigenvalue weighted by Gasteiger charge is 2.28. The Morgan fingerprint density at radius 1 is 0.963 bits per heavy atom. The Balaban J connectivity index is 2.24. The monoisotopic (exact) mass is 382 g/mol. The molecular weight excluding hydrogens is 354 g/mol. The lowest BCUT2D eigenvalue weighted by Gasteiger charge is -2.28. The molecule has 0 saturated heterocycles. The van der Waals surface area contributed by atoms with Gasteiger partial charge >= 0.3 is 0 Å². The fourth-order valence-electron chi connectivity index (χ4n) is 3.47. The first-order valence-electron chi connectivity index (χ1n) is 9.18. The highest BCUT2D eigenvalue weighted by Crippen LogP contribution is 2.41. The molecule has 1 aromatic heterocycles. The van der Waals surface area contributed by atoms with E-state index in [1.54, 1.807) is 18.2 Å². The van der Waals surface area contributed by atoms with Gasteiger partial charge in [0.1, 0.15) is 0 Å². The highest BCUT2D eigenvalue weighted by atomic mass is 32.2. The second-order valence-electron chi connectivity index (χ2n) is 8.47. The molecule has 0 bridgehead atoms. The van der Waals surface area contributed by atoms with Crippen molar-refractivity contribution >= 4 is 20.7 Å². The molecule has 3 aromatic rings. The Morgan fingerprint density at radius 3 is 2.07 bits per heavy atom. The van der Waals surface area contributed by atoms with E-state index >= 15 is 0 Å². The fraction of sp³-hybridized carbons (Fsp3) is 0.348. The van der Waals surface area contributed by atoms with Crippen LogP contribution >= 0.6 is 0 Å². The molecule has 1 atom stereocenters. The van der Waals surface area contributed by atoms with Crippen LogP contribution in [0.25, 0.3) is 10.9 Å². The van der Waals surface area contributed by atoms with E-state index < -0.39 is 9.84 Å². The van der Waals surface area contributed by atoms with E-state index in [0.717, 1.165) is 27.7 Å². The first-order valence-corrected chi connectivity index (χ1v) is 10.7. The predicted molar refractivity (Wildman–Crippen MR) is 112 cm³/mol. The van der Waals surface area contributed by atoms with Gasteiger partial charge in [0.2, 0.25) is 9.84 Å². The number of hydrogen-bond donors (Lipinski definition) is 0. The van der Waals surface area contributed by atoms with E-state index in [1.165, 1.54) is 0 Å². The molecule has 0 saturated carbocycles. The Bertz CT molecular complexity index is 1100. The molecule has 0 fully saturated rings. The molecule has 1 heterocycles. The van der Waals surface area contributed by atoms with Gasteiger partial charge in [-0.25, -0.2) is 8.42 Å². The minimum absolute atomic E-state index is 0.0229. The van der Waals surface area contributed by atoms with Gasteiger partial charge in [-0.2, -0.15) is 0 Å². The van der Waals surface area contributed by atoms with Gasteiger partial charge in [0.15, 0.2) is 0 Å². The van der Waals surface area contributed by atoms with Gasteiger partial charge in [0, 0.05) is 23.6 Å². The fourth-order valence-corrected chi connectivity index (χ4v) is 4.76. The van der Waals surface area contributed by atoms with Crippen molar-refractivity contribution in [3.8, 4) is 0 Å². The van der Waals surface area contributed by atoms with Crippen LogP contribution in [0.4, 0.5) is 0 Å². The average molecular weight is 383 g/mol. The van der Waals surface area contributed by atoms with Crippen LogP contribution in [-0.2, 0) is 16.9 Å². The number of aryl methyl sites for hydroxylation is 2. The molecule has 0 aliphatic carbocycles. The third-order valence-corrected chi connectivity index (χ3v) is 7.32. The lowest BCUT2D eigenvalue weighted by atomic mass is 9.77. The van der Waals surface area contributed by atoms with Crippen LogP contribution in [-0.4, -0.2) is 13.0 Å². The van der Waals surface area contributed by atoms with Crippen LogP contribution < -0.4 is 0 Å². The largest absolute Gasteiger partial charge is 0.348 e. The minimum atomic E-state index is -3.56. The van der Waals surface area contributed by atoms with Crippen LogP contribution in [0.1, 0.15) is 43.5 Å². The molecular formula is C23H28NO2S. The summed E-state index contributed by atoms with van der Waals surface area (Å²) in [6.45, 7) is 14.9.